The van der Waals surface area contributed by atoms with Gasteiger partial charge in [0.05, 0.1) is 0 Å². The van der Waals surface area contributed by atoms with Crippen molar-refractivity contribution in [3.8, 4) is 0 Å². The minimum absolute atomic E-state index is 0.801. The lowest BCUT2D eigenvalue weighted by Crippen LogP contribution is -2.00. The highest BCUT2D eigenvalue weighted by Crippen LogP contribution is 2.06. The van der Waals surface area contributed by atoms with E-state index in [4.69, 9.17) is 0 Å². The van der Waals surface area contributed by atoms with E-state index in [0.29, 0.717) is 0 Å². The molecule has 0 aliphatic rings. The first-order valence-corrected chi connectivity index (χ1v) is 4.20. The van der Waals surface area contributed by atoms with E-state index >= 15 is 0 Å². The maximum absolute atomic E-state index is 4.33. The molecule has 0 spiro atoms. The molecule has 1 heteroatoms. The fraction of sp³-hybridized carbons (Fsp3) is 0.889. The average molecular weight is 141 g/mol. The zero-order chi connectivity index (χ0) is 7.98. The Kier molecular flexibility index (Phi) is 5.27. The Bertz CT molecular complexity index is 105. The van der Waals surface area contributed by atoms with Crippen molar-refractivity contribution in [3.63, 3.8) is 0 Å². The lowest BCUT2D eigenvalue weighted by molar-refractivity contribution is 0.585. The second kappa shape index (κ2) is 5.45. The molecule has 1 unspecified atom stereocenters. The minimum Gasteiger partial charge on any atom is -0.295 e. The van der Waals surface area contributed by atoms with Gasteiger partial charge in [0, 0.05) is 12.3 Å². The molecule has 0 radical (unpaired) electrons. The van der Waals surface area contributed by atoms with E-state index in [-0.39, 0.29) is 0 Å². The fourth-order valence-corrected chi connectivity index (χ4v) is 0.983. The summed E-state index contributed by atoms with van der Waals surface area (Å²) in [5.74, 6) is 0.801. The van der Waals surface area contributed by atoms with Gasteiger partial charge < -0.3 is 0 Å². The molecular weight excluding hydrogens is 122 g/mol. The van der Waals surface area contributed by atoms with Crippen LogP contribution in [0.25, 0.3) is 0 Å². The summed E-state index contributed by atoms with van der Waals surface area (Å²) in [7, 11) is 0. The van der Waals surface area contributed by atoms with Gasteiger partial charge in [-0.2, -0.15) is 0 Å². The maximum Gasteiger partial charge on any atom is 0.0360 e. The molecule has 0 aromatic carbocycles. The minimum atomic E-state index is 0.801. The molecule has 0 aromatic rings. The van der Waals surface area contributed by atoms with Gasteiger partial charge >= 0.3 is 0 Å². The van der Waals surface area contributed by atoms with Gasteiger partial charge in [0.1, 0.15) is 0 Å². The van der Waals surface area contributed by atoms with Crippen LogP contribution in [0.3, 0.4) is 0 Å². The van der Waals surface area contributed by atoms with Crippen molar-refractivity contribution in [2.45, 2.75) is 40.5 Å². The molecule has 0 aromatic heterocycles. The highest BCUT2D eigenvalue weighted by Gasteiger charge is 1.99. The van der Waals surface area contributed by atoms with Gasteiger partial charge in [-0.05, 0) is 26.2 Å². The molecule has 60 valence electrons. The molecule has 0 fully saturated rings. The summed E-state index contributed by atoms with van der Waals surface area (Å²) < 4.78 is 0. The van der Waals surface area contributed by atoms with Gasteiger partial charge in [0.25, 0.3) is 0 Å². The molecule has 0 amide bonds. The molecule has 0 saturated heterocycles. The number of hydrogen-bond acceptors (Lipinski definition) is 1. The van der Waals surface area contributed by atoms with Crippen molar-refractivity contribution < 1.29 is 0 Å². The van der Waals surface area contributed by atoms with Crippen molar-refractivity contribution in [2.24, 2.45) is 10.9 Å². The summed E-state index contributed by atoms with van der Waals surface area (Å²) >= 11 is 0. The quantitative estimate of drug-likeness (QED) is 0.534. The first kappa shape index (κ1) is 9.67. The van der Waals surface area contributed by atoms with E-state index in [0.717, 1.165) is 12.5 Å². The lowest BCUT2D eigenvalue weighted by Gasteiger charge is -2.06. The third-order valence-electron chi connectivity index (χ3n) is 1.77. The molecular formula is C9H19N. The van der Waals surface area contributed by atoms with E-state index in [9.17, 15) is 0 Å². The van der Waals surface area contributed by atoms with Crippen LogP contribution in [0.5, 0.6) is 0 Å². The van der Waals surface area contributed by atoms with Crippen LogP contribution >= 0.6 is 0 Å². The van der Waals surface area contributed by atoms with Crippen molar-refractivity contribution in [3.05, 3.63) is 0 Å². The van der Waals surface area contributed by atoms with E-state index < -0.39 is 0 Å². The van der Waals surface area contributed by atoms with Crippen LogP contribution in [-0.4, -0.2) is 12.3 Å². The van der Waals surface area contributed by atoms with Crippen LogP contribution < -0.4 is 0 Å². The Labute approximate surface area is 64.6 Å². The average Bonchev–Trinajstić information content (AvgIpc) is 1.88. The van der Waals surface area contributed by atoms with Gasteiger partial charge in [-0.1, -0.05) is 20.3 Å². The Balaban J connectivity index is 3.56. The summed E-state index contributed by atoms with van der Waals surface area (Å²) in [6.07, 6.45) is 2.43. The van der Waals surface area contributed by atoms with Gasteiger partial charge in [-0.25, -0.2) is 0 Å². The third kappa shape index (κ3) is 4.54. The largest absolute Gasteiger partial charge is 0.295 e. The third-order valence-corrected chi connectivity index (χ3v) is 1.77. The van der Waals surface area contributed by atoms with Crippen LogP contribution in [0.15, 0.2) is 4.99 Å². The first-order valence-electron chi connectivity index (χ1n) is 4.20. The zero-order valence-corrected chi connectivity index (χ0v) is 7.65. The van der Waals surface area contributed by atoms with E-state index in [1.54, 1.807) is 0 Å². The van der Waals surface area contributed by atoms with E-state index in [2.05, 4.69) is 32.7 Å². The van der Waals surface area contributed by atoms with Gasteiger partial charge in [0.15, 0.2) is 0 Å². The molecule has 0 rings (SSSR count). The van der Waals surface area contributed by atoms with Crippen LogP contribution in [0.2, 0.25) is 0 Å². The number of rotatable bonds is 4. The normalized spacial score (nSPS) is 15.4. The van der Waals surface area contributed by atoms with Crippen LogP contribution in [0.1, 0.15) is 40.5 Å². The second-order valence-electron chi connectivity index (χ2n) is 2.93. The maximum atomic E-state index is 4.33. The molecule has 10 heavy (non-hydrogen) atoms. The van der Waals surface area contributed by atoms with Crippen LogP contribution in [-0.2, 0) is 0 Å². The predicted octanol–water partition coefficient (Wildman–Crippen LogP) is 2.90. The lowest BCUT2D eigenvalue weighted by atomic mass is 10.0. The van der Waals surface area contributed by atoms with Crippen molar-refractivity contribution in [2.75, 3.05) is 6.54 Å². The Morgan fingerprint density at radius 2 is 2.00 bits per heavy atom. The molecule has 0 bridgehead atoms. The zero-order valence-electron chi connectivity index (χ0n) is 7.65. The van der Waals surface area contributed by atoms with E-state index in [1.165, 1.54) is 18.6 Å². The molecule has 1 atom stereocenters. The van der Waals surface area contributed by atoms with Gasteiger partial charge in [-0.3, -0.25) is 4.99 Å². The molecule has 1 nitrogen and oxygen atoms in total. The van der Waals surface area contributed by atoms with Gasteiger partial charge in [-0.15, -0.1) is 0 Å². The molecule has 0 aliphatic carbocycles. The van der Waals surface area contributed by atoms with E-state index in [1.807, 2.05) is 0 Å². The predicted molar refractivity (Wildman–Crippen MR) is 47.7 cm³/mol. The monoisotopic (exact) mass is 141 g/mol. The second-order valence-corrected chi connectivity index (χ2v) is 2.93. The Hall–Kier alpha value is -0.330. The summed E-state index contributed by atoms with van der Waals surface area (Å²) in [4.78, 5) is 4.33. The summed E-state index contributed by atoms with van der Waals surface area (Å²) in [6, 6.07) is 0. The fourth-order valence-electron chi connectivity index (χ4n) is 0.983. The van der Waals surface area contributed by atoms with Crippen LogP contribution in [0, 0.1) is 5.92 Å². The van der Waals surface area contributed by atoms with Gasteiger partial charge in [0.2, 0.25) is 0 Å². The SMILES string of the molecule is CCN=C(C)CC(C)CC. The highest BCUT2D eigenvalue weighted by molar-refractivity contribution is 5.82. The number of aliphatic imine (C=N–C) groups is 1. The summed E-state index contributed by atoms with van der Waals surface area (Å²) in [5, 5.41) is 0. The topological polar surface area (TPSA) is 12.4 Å². The van der Waals surface area contributed by atoms with Crippen molar-refractivity contribution in [1.82, 2.24) is 0 Å². The first-order chi connectivity index (χ1) is 4.70. The van der Waals surface area contributed by atoms with Crippen molar-refractivity contribution >= 4 is 5.71 Å². The van der Waals surface area contributed by atoms with Crippen molar-refractivity contribution in [1.29, 1.82) is 0 Å². The van der Waals surface area contributed by atoms with Crippen LogP contribution in [0.4, 0.5) is 0 Å². The molecule has 0 saturated carbocycles. The Morgan fingerprint density at radius 3 is 2.40 bits per heavy atom. The number of nitrogens with zero attached hydrogens (tertiary/aromatic N) is 1. The Morgan fingerprint density at radius 1 is 1.40 bits per heavy atom. The molecule has 0 heterocycles. The number of hydrogen-bond donors (Lipinski definition) is 0. The smallest absolute Gasteiger partial charge is 0.0360 e. The standard InChI is InChI=1S/C9H19N/c1-5-8(3)7-9(4)10-6-2/h8H,5-7H2,1-4H3. The molecule has 0 aliphatic heterocycles. The highest BCUT2D eigenvalue weighted by atomic mass is 14.7. The molecule has 0 N–H and O–H groups in total. The summed E-state index contributed by atoms with van der Waals surface area (Å²) in [5.41, 5.74) is 1.30. The summed E-state index contributed by atoms with van der Waals surface area (Å²) in [6.45, 7) is 9.64.